The molecule has 0 saturated carbocycles. The van der Waals surface area contributed by atoms with E-state index in [0.717, 1.165) is 19.4 Å². The van der Waals surface area contributed by atoms with E-state index in [1.165, 1.54) is 0 Å². The van der Waals surface area contributed by atoms with Gasteiger partial charge in [0.15, 0.2) is 0 Å². The molecule has 0 amide bonds. The van der Waals surface area contributed by atoms with Gasteiger partial charge in [-0.1, -0.05) is 22.6 Å². The summed E-state index contributed by atoms with van der Waals surface area (Å²) in [5.74, 6) is 0. The van der Waals surface area contributed by atoms with E-state index in [9.17, 15) is 0 Å². The van der Waals surface area contributed by atoms with E-state index >= 15 is 0 Å². The summed E-state index contributed by atoms with van der Waals surface area (Å²) >= 11 is 2.11. The number of aliphatic hydroxyl groups excluding tert-OH is 3. The molecule has 80 valence electrons. The van der Waals surface area contributed by atoms with Crippen molar-refractivity contribution in [3.05, 3.63) is 0 Å². The maximum atomic E-state index is 9.10. The second-order valence-corrected chi connectivity index (χ2v) is 3.84. The minimum absolute atomic E-state index is 0.163. The Morgan fingerprint density at radius 1 is 1.23 bits per heavy atom. The van der Waals surface area contributed by atoms with Gasteiger partial charge < -0.3 is 15.3 Å². The van der Waals surface area contributed by atoms with Gasteiger partial charge in [-0.3, -0.25) is 5.32 Å². The highest BCUT2D eigenvalue weighted by Crippen LogP contribution is 1.99. The zero-order valence-electron chi connectivity index (χ0n) is 7.62. The van der Waals surface area contributed by atoms with Gasteiger partial charge in [-0.05, 0) is 25.8 Å². The van der Waals surface area contributed by atoms with Crippen LogP contribution >= 0.6 is 22.6 Å². The first-order valence-corrected chi connectivity index (χ1v) is 5.99. The van der Waals surface area contributed by atoms with Crippen molar-refractivity contribution in [2.45, 2.75) is 31.6 Å². The summed E-state index contributed by atoms with van der Waals surface area (Å²) in [4.78, 5) is 0. The molecule has 4 N–H and O–H groups in total. The second-order valence-electron chi connectivity index (χ2n) is 2.96. The lowest BCUT2D eigenvalue weighted by molar-refractivity contribution is 0.0856. The van der Waals surface area contributed by atoms with Crippen molar-refractivity contribution in [1.82, 2.24) is 5.32 Å². The molecule has 0 radical (unpaired) electrons. The predicted octanol–water partition coefficient (Wildman–Crippen LogP) is -0.147. The number of unbranched alkanes of at least 4 members (excludes halogenated alkanes) is 1. The first-order chi connectivity index (χ1) is 6.20. The Morgan fingerprint density at radius 3 is 2.46 bits per heavy atom. The number of nitrogens with one attached hydrogen (secondary N) is 1. The summed E-state index contributed by atoms with van der Waals surface area (Å²) in [6.45, 7) is 0.589. The van der Waals surface area contributed by atoms with Crippen LogP contribution in [0.15, 0.2) is 0 Å². The Morgan fingerprint density at radius 2 is 1.92 bits per heavy atom. The third-order valence-electron chi connectivity index (χ3n) is 1.70. The van der Waals surface area contributed by atoms with E-state index < -0.39 is 12.3 Å². The van der Waals surface area contributed by atoms with Crippen molar-refractivity contribution >= 4 is 22.6 Å². The highest BCUT2D eigenvalue weighted by molar-refractivity contribution is 14.1. The molecule has 0 aromatic carbocycles. The molecule has 1 unspecified atom stereocenters. The molecule has 0 bridgehead atoms. The van der Waals surface area contributed by atoms with Crippen LogP contribution in [-0.4, -0.2) is 45.2 Å². The number of hydrogen-bond acceptors (Lipinski definition) is 4. The molecule has 0 saturated heterocycles. The average Bonchev–Trinajstić information content (AvgIpc) is 2.16. The summed E-state index contributed by atoms with van der Waals surface area (Å²) in [7, 11) is 0. The monoisotopic (exact) mass is 303 g/mol. The van der Waals surface area contributed by atoms with Crippen molar-refractivity contribution < 1.29 is 15.3 Å². The number of alkyl halides is 1. The fourth-order valence-corrected chi connectivity index (χ4v) is 1.23. The van der Waals surface area contributed by atoms with E-state index in [2.05, 4.69) is 27.9 Å². The molecule has 2 atom stereocenters. The number of aliphatic hydroxyl groups is 3. The van der Waals surface area contributed by atoms with Gasteiger partial charge in [0.2, 0.25) is 0 Å². The molecular formula is C8H18INO3. The van der Waals surface area contributed by atoms with Gasteiger partial charge in [0.05, 0.1) is 12.7 Å². The topological polar surface area (TPSA) is 72.7 Å². The molecule has 0 aliphatic carbocycles. The highest BCUT2D eigenvalue weighted by atomic mass is 127. The van der Waals surface area contributed by atoms with Gasteiger partial charge in [0, 0.05) is 4.43 Å². The molecule has 0 rings (SSSR count). The zero-order chi connectivity index (χ0) is 10.1. The molecule has 0 aromatic rings. The van der Waals surface area contributed by atoms with Crippen LogP contribution in [0.3, 0.4) is 0 Å². The van der Waals surface area contributed by atoms with Gasteiger partial charge in [-0.15, -0.1) is 0 Å². The molecular weight excluding hydrogens is 285 g/mol. The van der Waals surface area contributed by atoms with Crippen LogP contribution in [-0.2, 0) is 0 Å². The van der Waals surface area contributed by atoms with Gasteiger partial charge in [0.1, 0.15) is 6.23 Å². The minimum Gasteiger partial charge on any atom is -0.394 e. The third kappa shape index (κ3) is 8.89. The molecule has 0 aliphatic rings. The van der Waals surface area contributed by atoms with Crippen LogP contribution in [0.25, 0.3) is 0 Å². The molecule has 4 nitrogen and oxygen atoms in total. The summed E-state index contributed by atoms with van der Waals surface area (Å²) in [5, 5.41) is 29.5. The lowest BCUT2D eigenvalue weighted by Gasteiger charge is -2.10. The van der Waals surface area contributed by atoms with Crippen molar-refractivity contribution in [3.63, 3.8) is 0 Å². The van der Waals surface area contributed by atoms with Gasteiger partial charge in [0.25, 0.3) is 0 Å². The fraction of sp³-hybridized carbons (Fsp3) is 1.00. The van der Waals surface area contributed by atoms with E-state index in [1.54, 1.807) is 0 Å². The normalized spacial score (nSPS) is 15.7. The fourth-order valence-electron chi connectivity index (χ4n) is 0.919. The van der Waals surface area contributed by atoms with Gasteiger partial charge >= 0.3 is 0 Å². The standard InChI is InChI=1S/C8H18INO3/c9-5-8(13)10-4-2-1-3-7(12)6-11/h7-8,10-13H,1-6H2/t7-,8?/m0/s1. The Kier molecular flexibility index (Phi) is 9.54. The van der Waals surface area contributed by atoms with Crippen LogP contribution in [0.1, 0.15) is 19.3 Å². The van der Waals surface area contributed by atoms with Crippen LogP contribution in [0.2, 0.25) is 0 Å². The smallest absolute Gasteiger partial charge is 0.113 e. The minimum atomic E-state index is -0.588. The summed E-state index contributed by atoms with van der Waals surface area (Å²) < 4.78 is 0.678. The second kappa shape index (κ2) is 9.14. The molecule has 0 heterocycles. The zero-order valence-corrected chi connectivity index (χ0v) is 9.77. The maximum absolute atomic E-state index is 9.10. The van der Waals surface area contributed by atoms with Crippen molar-refractivity contribution in [3.8, 4) is 0 Å². The molecule has 0 spiro atoms. The van der Waals surface area contributed by atoms with E-state index in [-0.39, 0.29) is 6.61 Å². The first-order valence-electron chi connectivity index (χ1n) is 4.47. The van der Waals surface area contributed by atoms with Crippen molar-refractivity contribution in [2.24, 2.45) is 0 Å². The largest absolute Gasteiger partial charge is 0.394 e. The number of rotatable bonds is 8. The third-order valence-corrected chi connectivity index (χ3v) is 2.54. The van der Waals surface area contributed by atoms with E-state index in [1.807, 2.05) is 0 Å². The first kappa shape index (κ1) is 13.6. The Labute approximate surface area is 92.5 Å². The highest BCUT2D eigenvalue weighted by Gasteiger charge is 2.02. The number of hydrogen-bond donors (Lipinski definition) is 4. The quantitative estimate of drug-likeness (QED) is 0.218. The number of halogens is 1. The summed E-state index contributed by atoms with van der Waals surface area (Å²) in [6.07, 6.45) is 1.38. The SMILES string of the molecule is OC[C@@H](O)CCCCNC(O)CI. The molecule has 13 heavy (non-hydrogen) atoms. The lowest BCUT2D eigenvalue weighted by Crippen LogP contribution is -2.30. The van der Waals surface area contributed by atoms with E-state index in [4.69, 9.17) is 15.3 Å². The lowest BCUT2D eigenvalue weighted by atomic mass is 10.1. The maximum Gasteiger partial charge on any atom is 0.113 e. The van der Waals surface area contributed by atoms with Crippen molar-refractivity contribution in [1.29, 1.82) is 0 Å². The molecule has 0 aliphatic heterocycles. The Bertz CT molecular complexity index is 104. The average molecular weight is 303 g/mol. The predicted molar refractivity (Wildman–Crippen MR) is 59.8 cm³/mol. The van der Waals surface area contributed by atoms with Gasteiger partial charge in [-0.25, -0.2) is 0 Å². The Hall–Kier alpha value is 0.570. The molecule has 5 heteroatoms. The van der Waals surface area contributed by atoms with Gasteiger partial charge in [-0.2, -0.15) is 0 Å². The molecule has 0 fully saturated rings. The van der Waals surface area contributed by atoms with Crippen LogP contribution < -0.4 is 5.32 Å². The van der Waals surface area contributed by atoms with E-state index in [0.29, 0.717) is 10.8 Å². The van der Waals surface area contributed by atoms with Crippen LogP contribution in [0.5, 0.6) is 0 Å². The summed E-state index contributed by atoms with van der Waals surface area (Å²) in [5.41, 5.74) is 0. The molecule has 0 aromatic heterocycles. The van der Waals surface area contributed by atoms with Crippen molar-refractivity contribution in [2.75, 3.05) is 17.6 Å². The summed E-state index contributed by atoms with van der Waals surface area (Å²) in [6, 6.07) is 0. The van der Waals surface area contributed by atoms with Crippen LogP contribution in [0, 0.1) is 0 Å². The van der Waals surface area contributed by atoms with Crippen LogP contribution in [0.4, 0.5) is 0 Å². The Balaban J connectivity index is 3.08.